The molecule has 2 nitrogen and oxygen atoms in total. The van der Waals surface area contributed by atoms with Gasteiger partial charge in [-0.1, -0.05) is 45.0 Å². The van der Waals surface area contributed by atoms with Gasteiger partial charge in [-0.3, -0.25) is 0 Å². The van der Waals surface area contributed by atoms with Gasteiger partial charge in [-0.05, 0) is 35.8 Å². The van der Waals surface area contributed by atoms with E-state index in [1.165, 1.54) is 5.56 Å². The maximum Gasteiger partial charge on any atom is 0.235 e. The molecule has 0 amide bonds. The Bertz CT molecular complexity index is 443. The fraction of sp³-hybridized carbons (Fsp3) is 0.533. The van der Waals surface area contributed by atoms with Gasteiger partial charge in [0, 0.05) is 0 Å². The summed E-state index contributed by atoms with van der Waals surface area (Å²) in [6.45, 7) is 6.71. The standard InChI is InChI=1S/C15H19NO/c1-14(2,3)10-12-4-6-13(7-5-12)15(8-9-15)16-11-17/h4-7H,8-10H2,1-3H3. The molecule has 0 bridgehead atoms. The van der Waals surface area contributed by atoms with E-state index in [2.05, 4.69) is 50.0 Å². The van der Waals surface area contributed by atoms with E-state index < -0.39 is 0 Å². The van der Waals surface area contributed by atoms with Gasteiger partial charge in [0.1, 0.15) is 0 Å². The molecule has 2 heteroatoms. The fourth-order valence-corrected chi connectivity index (χ4v) is 2.22. The zero-order valence-corrected chi connectivity index (χ0v) is 10.8. The Balaban J connectivity index is 2.16. The van der Waals surface area contributed by atoms with E-state index in [0.29, 0.717) is 5.41 Å². The van der Waals surface area contributed by atoms with E-state index in [0.717, 1.165) is 24.8 Å². The number of rotatable bonds is 3. The van der Waals surface area contributed by atoms with Crippen LogP contribution in [0.3, 0.4) is 0 Å². The van der Waals surface area contributed by atoms with Gasteiger partial charge in [0.05, 0.1) is 5.54 Å². The van der Waals surface area contributed by atoms with E-state index in [-0.39, 0.29) is 5.54 Å². The lowest BCUT2D eigenvalue weighted by atomic mass is 9.87. The highest BCUT2D eigenvalue weighted by molar-refractivity contribution is 5.41. The zero-order valence-electron chi connectivity index (χ0n) is 10.8. The van der Waals surface area contributed by atoms with Gasteiger partial charge in [-0.25, -0.2) is 4.79 Å². The van der Waals surface area contributed by atoms with Crippen LogP contribution in [0, 0.1) is 5.41 Å². The third-order valence-electron chi connectivity index (χ3n) is 3.21. The Kier molecular flexibility index (Phi) is 2.92. The fourth-order valence-electron chi connectivity index (χ4n) is 2.22. The summed E-state index contributed by atoms with van der Waals surface area (Å²) in [7, 11) is 0. The second kappa shape index (κ2) is 4.12. The molecule has 1 aliphatic rings. The first-order valence-corrected chi connectivity index (χ1v) is 6.14. The van der Waals surface area contributed by atoms with Gasteiger partial charge < -0.3 is 0 Å². The molecule has 0 unspecified atom stereocenters. The zero-order chi connectivity index (χ0) is 12.5. The molecule has 0 heterocycles. The van der Waals surface area contributed by atoms with Crippen LogP contribution in [0.1, 0.15) is 44.7 Å². The summed E-state index contributed by atoms with van der Waals surface area (Å²) in [5.74, 6) is 0. The van der Waals surface area contributed by atoms with Crippen molar-refractivity contribution in [2.45, 2.75) is 45.6 Å². The van der Waals surface area contributed by atoms with Crippen molar-refractivity contribution in [1.29, 1.82) is 0 Å². The summed E-state index contributed by atoms with van der Waals surface area (Å²) in [5.41, 5.74) is 2.56. The van der Waals surface area contributed by atoms with Crippen LogP contribution in [0.4, 0.5) is 0 Å². The minimum absolute atomic E-state index is 0.234. The quantitative estimate of drug-likeness (QED) is 0.575. The van der Waals surface area contributed by atoms with E-state index in [1.807, 2.05) is 0 Å². The van der Waals surface area contributed by atoms with Crippen molar-refractivity contribution < 1.29 is 4.79 Å². The Labute approximate surface area is 103 Å². The predicted octanol–water partition coefficient (Wildman–Crippen LogP) is 3.60. The van der Waals surface area contributed by atoms with Crippen LogP contribution in [0.15, 0.2) is 29.3 Å². The number of nitrogens with zero attached hydrogens (tertiary/aromatic N) is 1. The van der Waals surface area contributed by atoms with Crippen LogP contribution < -0.4 is 0 Å². The number of carbonyl (C=O) groups excluding carboxylic acids is 1. The lowest BCUT2D eigenvalue weighted by molar-refractivity contribution is 0.411. The lowest BCUT2D eigenvalue weighted by Gasteiger charge is -2.18. The highest BCUT2D eigenvalue weighted by Crippen LogP contribution is 2.49. The van der Waals surface area contributed by atoms with Crippen molar-refractivity contribution in [2.24, 2.45) is 10.4 Å². The van der Waals surface area contributed by atoms with Crippen molar-refractivity contribution >= 4 is 6.08 Å². The largest absolute Gasteiger partial charge is 0.235 e. The molecule has 1 aliphatic carbocycles. The Hall–Kier alpha value is -1.40. The van der Waals surface area contributed by atoms with Gasteiger partial charge in [0.2, 0.25) is 6.08 Å². The molecule has 1 saturated carbocycles. The van der Waals surface area contributed by atoms with Gasteiger partial charge in [0.15, 0.2) is 0 Å². The van der Waals surface area contributed by atoms with Crippen molar-refractivity contribution in [2.75, 3.05) is 0 Å². The Morgan fingerprint density at radius 1 is 1.24 bits per heavy atom. The average Bonchev–Trinajstić information content (AvgIpc) is 2.98. The summed E-state index contributed by atoms with van der Waals surface area (Å²) in [5, 5.41) is 0. The molecular weight excluding hydrogens is 210 g/mol. The molecule has 1 aromatic carbocycles. The normalized spacial score (nSPS) is 17.4. The second-order valence-electron chi connectivity index (χ2n) is 6.17. The summed E-state index contributed by atoms with van der Waals surface area (Å²) in [6.07, 6.45) is 4.71. The molecule has 0 atom stereocenters. The average molecular weight is 229 g/mol. The monoisotopic (exact) mass is 229 g/mol. The van der Waals surface area contributed by atoms with Gasteiger partial charge >= 0.3 is 0 Å². The number of aliphatic imine (C=N–C) groups is 1. The molecule has 1 fully saturated rings. The van der Waals surface area contributed by atoms with Gasteiger partial charge in [-0.15, -0.1) is 0 Å². The highest BCUT2D eigenvalue weighted by Gasteiger charge is 2.44. The second-order valence-corrected chi connectivity index (χ2v) is 6.17. The third-order valence-corrected chi connectivity index (χ3v) is 3.21. The van der Waals surface area contributed by atoms with Gasteiger partial charge in [-0.2, -0.15) is 4.99 Å². The maximum atomic E-state index is 10.4. The molecule has 0 spiro atoms. The predicted molar refractivity (Wildman–Crippen MR) is 68.6 cm³/mol. The summed E-state index contributed by atoms with van der Waals surface area (Å²) >= 11 is 0. The molecule has 17 heavy (non-hydrogen) atoms. The molecule has 0 aromatic heterocycles. The topological polar surface area (TPSA) is 29.4 Å². The number of benzene rings is 1. The maximum absolute atomic E-state index is 10.4. The molecule has 2 rings (SSSR count). The number of isocyanates is 1. The first kappa shape index (κ1) is 12.1. The van der Waals surface area contributed by atoms with Crippen LogP contribution >= 0.6 is 0 Å². The molecule has 90 valence electrons. The van der Waals surface area contributed by atoms with E-state index in [9.17, 15) is 4.79 Å². The smallest absolute Gasteiger partial charge is 0.211 e. The van der Waals surface area contributed by atoms with Crippen LogP contribution in [-0.2, 0) is 16.8 Å². The van der Waals surface area contributed by atoms with Crippen molar-refractivity contribution in [3.05, 3.63) is 35.4 Å². The Morgan fingerprint density at radius 2 is 1.82 bits per heavy atom. The van der Waals surface area contributed by atoms with E-state index >= 15 is 0 Å². The van der Waals surface area contributed by atoms with Crippen molar-refractivity contribution in [3.63, 3.8) is 0 Å². The van der Waals surface area contributed by atoms with E-state index in [1.54, 1.807) is 6.08 Å². The Morgan fingerprint density at radius 3 is 2.24 bits per heavy atom. The van der Waals surface area contributed by atoms with E-state index in [4.69, 9.17) is 0 Å². The van der Waals surface area contributed by atoms with Crippen LogP contribution in [0.25, 0.3) is 0 Å². The van der Waals surface area contributed by atoms with Crippen molar-refractivity contribution in [3.8, 4) is 0 Å². The number of hydrogen-bond acceptors (Lipinski definition) is 2. The first-order valence-electron chi connectivity index (χ1n) is 6.14. The third kappa shape index (κ3) is 2.83. The summed E-state index contributed by atoms with van der Waals surface area (Å²) < 4.78 is 0. The molecule has 0 saturated heterocycles. The highest BCUT2D eigenvalue weighted by atomic mass is 16.1. The summed E-state index contributed by atoms with van der Waals surface area (Å²) in [4.78, 5) is 14.3. The van der Waals surface area contributed by atoms with Crippen molar-refractivity contribution in [1.82, 2.24) is 0 Å². The summed E-state index contributed by atoms with van der Waals surface area (Å²) in [6, 6.07) is 8.52. The molecule has 1 aromatic rings. The minimum Gasteiger partial charge on any atom is -0.211 e. The minimum atomic E-state index is -0.234. The first-order chi connectivity index (χ1) is 7.95. The lowest BCUT2D eigenvalue weighted by Crippen LogP contribution is -2.09. The van der Waals surface area contributed by atoms with Crippen LogP contribution in [0.5, 0.6) is 0 Å². The van der Waals surface area contributed by atoms with Crippen LogP contribution in [0.2, 0.25) is 0 Å². The molecular formula is C15H19NO. The molecule has 0 radical (unpaired) electrons. The number of hydrogen-bond donors (Lipinski definition) is 0. The molecule has 0 aliphatic heterocycles. The van der Waals surface area contributed by atoms with Crippen LogP contribution in [-0.4, -0.2) is 6.08 Å². The molecule has 0 N–H and O–H groups in total. The SMILES string of the molecule is CC(C)(C)Cc1ccc(C2(N=C=O)CC2)cc1. The van der Waals surface area contributed by atoms with Gasteiger partial charge in [0.25, 0.3) is 0 Å².